The Morgan fingerprint density at radius 3 is 2.20 bits per heavy atom. The van der Waals surface area contributed by atoms with Crippen LogP contribution in [0, 0.1) is 0 Å². The van der Waals surface area contributed by atoms with Crippen molar-refractivity contribution in [1.29, 1.82) is 0 Å². The largest absolute Gasteiger partial charge is 0.493 e. The van der Waals surface area contributed by atoms with Crippen LogP contribution in [-0.4, -0.2) is 40.4 Å². The molecule has 0 aliphatic rings. The Bertz CT molecular complexity index is 822. The molecule has 0 aliphatic heterocycles. The molecule has 0 radical (unpaired) electrons. The van der Waals surface area contributed by atoms with Gasteiger partial charge in [0, 0.05) is 18.7 Å². The first-order chi connectivity index (χ1) is 14.5. The molecule has 2 N–H and O–H groups in total. The number of halogens is 2. The molecule has 0 unspecified atom stereocenters. The molecule has 0 saturated carbocycles. The lowest BCUT2D eigenvalue weighted by Crippen LogP contribution is -2.36. The Hall–Kier alpha value is -3.23. The van der Waals surface area contributed by atoms with E-state index in [1.807, 2.05) is 19.1 Å². The maximum absolute atomic E-state index is 12.6. The molecule has 7 nitrogen and oxygen atoms in total. The third kappa shape index (κ3) is 6.40. The van der Waals surface area contributed by atoms with Crippen molar-refractivity contribution >= 4 is 5.96 Å². The predicted molar refractivity (Wildman–Crippen MR) is 111 cm³/mol. The minimum Gasteiger partial charge on any atom is -0.493 e. The van der Waals surface area contributed by atoms with E-state index in [-0.39, 0.29) is 12.3 Å². The highest BCUT2D eigenvalue weighted by Gasteiger charge is 2.13. The standard InChI is InChI=1S/C21H27F2N3O4/c1-5-24-21(26-13-15-8-6-7-9-16(15)30-20(22)23)25-12-14-10-17(27-2)19(29-4)18(11-14)28-3/h6-11,20H,5,12-13H2,1-4H3,(H2,24,25,26). The molecule has 2 aromatic carbocycles. The number of ether oxygens (including phenoxy) is 4. The van der Waals surface area contributed by atoms with Gasteiger partial charge in [-0.05, 0) is 30.7 Å². The number of nitrogens with zero attached hydrogens (tertiary/aromatic N) is 1. The van der Waals surface area contributed by atoms with Crippen molar-refractivity contribution in [2.75, 3.05) is 27.9 Å². The number of rotatable bonds is 10. The van der Waals surface area contributed by atoms with Crippen molar-refractivity contribution < 1.29 is 27.7 Å². The highest BCUT2D eigenvalue weighted by molar-refractivity contribution is 5.79. The summed E-state index contributed by atoms with van der Waals surface area (Å²) in [5, 5.41) is 6.25. The Labute approximate surface area is 175 Å². The van der Waals surface area contributed by atoms with Gasteiger partial charge in [-0.1, -0.05) is 18.2 Å². The summed E-state index contributed by atoms with van der Waals surface area (Å²) in [7, 11) is 4.64. The van der Waals surface area contributed by atoms with E-state index in [0.29, 0.717) is 41.9 Å². The maximum atomic E-state index is 12.6. The highest BCUT2D eigenvalue weighted by atomic mass is 19.3. The Balaban J connectivity index is 2.16. The van der Waals surface area contributed by atoms with Crippen LogP contribution >= 0.6 is 0 Å². The molecule has 9 heteroatoms. The van der Waals surface area contributed by atoms with Gasteiger partial charge in [-0.3, -0.25) is 0 Å². The molecule has 164 valence electrons. The van der Waals surface area contributed by atoms with Crippen LogP contribution in [0.4, 0.5) is 8.78 Å². The van der Waals surface area contributed by atoms with Gasteiger partial charge >= 0.3 is 6.61 Å². The van der Waals surface area contributed by atoms with E-state index >= 15 is 0 Å². The van der Waals surface area contributed by atoms with E-state index in [0.717, 1.165) is 5.56 Å². The van der Waals surface area contributed by atoms with Gasteiger partial charge in [-0.2, -0.15) is 8.78 Å². The number of benzene rings is 2. The average molecular weight is 423 g/mol. The van der Waals surface area contributed by atoms with E-state index in [1.54, 1.807) is 39.5 Å². The van der Waals surface area contributed by atoms with Crippen LogP contribution in [0.2, 0.25) is 0 Å². The van der Waals surface area contributed by atoms with Gasteiger partial charge in [-0.15, -0.1) is 0 Å². The molecule has 0 heterocycles. The molecule has 2 rings (SSSR count). The normalized spacial score (nSPS) is 11.2. The van der Waals surface area contributed by atoms with Gasteiger partial charge in [0.25, 0.3) is 0 Å². The van der Waals surface area contributed by atoms with Crippen molar-refractivity contribution in [1.82, 2.24) is 10.6 Å². The monoisotopic (exact) mass is 423 g/mol. The van der Waals surface area contributed by atoms with Gasteiger partial charge in [0.05, 0.1) is 27.9 Å². The zero-order valence-electron chi connectivity index (χ0n) is 17.5. The Kier molecular flexibility index (Phi) is 8.99. The first-order valence-corrected chi connectivity index (χ1v) is 9.36. The van der Waals surface area contributed by atoms with Crippen molar-refractivity contribution in [3.05, 3.63) is 47.5 Å². The molecular weight excluding hydrogens is 396 g/mol. The lowest BCUT2D eigenvalue weighted by molar-refractivity contribution is -0.0504. The van der Waals surface area contributed by atoms with Gasteiger partial charge in [0.15, 0.2) is 17.5 Å². The number of alkyl halides is 2. The number of nitrogens with one attached hydrogen (secondary N) is 2. The van der Waals surface area contributed by atoms with E-state index in [1.165, 1.54) is 6.07 Å². The van der Waals surface area contributed by atoms with Crippen molar-refractivity contribution in [2.45, 2.75) is 26.6 Å². The number of hydrogen-bond donors (Lipinski definition) is 2. The maximum Gasteiger partial charge on any atom is 0.387 e. The summed E-state index contributed by atoms with van der Waals surface area (Å²) in [6.07, 6.45) is 0. The van der Waals surface area contributed by atoms with E-state index in [2.05, 4.69) is 20.4 Å². The third-order valence-corrected chi connectivity index (χ3v) is 4.12. The lowest BCUT2D eigenvalue weighted by atomic mass is 10.2. The SMILES string of the molecule is CCNC(=NCc1cc(OC)c(OC)c(OC)c1)NCc1ccccc1OC(F)F. The van der Waals surface area contributed by atoms with Crippen LogP contribution in [0.25, 0.3) is 0 Å². The third-order valence-electron chi connectivity index (χ3n) is 4.12. The molecule has 30 heavy (non-hydrogen) atoms. The van der Waals surface area contributed by atoms with Crippen LogP contribution in [0.1, 0.15) is 18.1 Å². The van der Waals surface area contributed by atoms with Gasteiger partial charge in [0.2, 0.25) is 5.75 Å². The van der Waals surface area contributed by atoms with Crippen LogP contribution in [-0.2, 0) is 13.1 Å². The second-order valence-electron chi connectivity index (χ2n) is 6.07. The summed E-state index contributed by atoms with van der Waals surface area (Å²) in [6, 6.07) is 10.3. The highest BCUT2D eigenvalue weighted by Crippen LogP contribution is 2.38. The fourth-order valence-corrected chi connectivity index (χ4v) is 2.78. The number of para-hydroxylation sites is 1. The predicted octanol–water partition coefficient (Wildman–Crippen LogP) is 3.57. The van der Waals surface area contributed by atoms with Crippen molar-refractivity contribution in [2.24, 2.45) is 4.99 Å². The lowest BCUT2D eigenvalue weighted by Gasteiger charge is -2.15. The summed E-state index contributed by atoms with van der Waals surface area (Å²) < 4.78 is 45.8. The number of aliphatic imine (C=N–C) groups is 1. The molecule has 0 spiro atoms. The van der Waals surface area contributed by atoms with Crippen molar-refractivity contribution in [3.8, 4) is 23.0 Å². The van der Waals surface area contributed by atoms with Gasteiger partial charge in [0.1, 0.15) is 5.75 Å². The molecule has 0 amide bonds. The number of methoxy groups -OCH3 is 3. The number of hydrogen-bond acceptors (Lipinski definition) is 5. The summed E-state index contributed by atoms with van der Waals surface area (Å²) in [6.45, 7) is 0.291. The van der Waals surface area contributed by atoms with Crippen LogP contribution in [0.3, 0.4) is 0 Å². The smallest absolute Gasteiger partial charge is 0.387 e. The van der Waals surface area contributed by atoms with Gasteiger partial charge in [-0.25, -0.2) is 4.99 Å². The van der Waals surface area contributed by atoms with Crippen molar-refractivity contribution in [3.63, 3.8) is 0 Å². The summed E-state index contributed by atoms with van der Waals surface area (Å²) in [4.78, 5) is 4.55. The fraction of sp³-hybridized carbons (Fsp3) is 0.381. The fourth-order valence-electron chi connectivity index (χ4n) is 2.78. The van der Waals surface area contributed by atoms with E-state index in [4.69, 9.17) is 14.2 Å². The summed E-state index contributed by atoms with van der Waals surface area (Å²) in [5.74, 6) is 2.24. The molecule has 2 aromatic rings. The molecule has 0 saturated heterocycles. The topological polar surface area (TPSA) is 73.3 Å². The molecular formula is C21H27F2N3O4. The summed E-state index contributed by atoms with van der Waals surface area (Å²) in [5.41, 5.74) is 1.44. The van der Waals surface area contributed by atoms with E-state index in [9.17, 15) is 8.78 Å². The Morgan fingerprint density at radius 1 is 0.967 bits per heavy atom. The summed E-state index contributed by atoms with van der Waals surface area (Å²) >= 11 is 0. The molecule has 0 fully saturated rings. The van der Waals surface area contributed by atoms with Crippen LogP contribution in [0.15, 0.2) is 41.4 Å². The average Bonchev–Trinajstić information content (AvgIpc) is 2.75. The Morgan fingerprint density at radius 2 is 1.63 bits per heavy atom. The molecule has 0 atom stereocenters. The molecule has 0 aromatic heterocycles. The second-order valence-corrected chi connectivity index (χ2v) is 6.07. The zero-order valence-corrected chi connectivity index (χ0v) is 17.5. The van der Waals surface area contributed by atoms with Crippen LogP contribution < -0.4 is 29.6 Å². The van der Waals surface area contributed by atoms with Crippen LogP contribution in [0.5, 0.6) is 23.0 Å². The number of guanidine groups is 1. The zero-order chi connectivity index (χ0) is 21.9. The minimum atomic E-state index is -2.88. The first-order valence-electron chi connectivity index (χ1n) is 9.36. The quantitative estimate of drug-likeness (QED) is 0.450. The van der Waals surface area contributed by atoms with Gasteiger partial charge < -0.3 is 29.6 Å². The first kappa shape index (κ1) is 23.1. The molecule has 0 bridgehead atoms. The van der Waals surface area contributed by atoms with E-state index < -0.39 is 6.61 Å². The minimum absolute atomic E-state index is 0.125. The second kappa shape index (κ2) is 11.7. The molecule has 0 aliphatic carbocycles.